The average Bonchev–Trinajstić information content (AvgIpc) is 3.13. The van der Waals surface area contributed by atoms with Crippen molar-refractivity contribution in [3.8, 4) is 0 Å². The Morgan fingerprint density at radius 3 is 2.55 bits per heavy atom. The van der Waals surface area contributed by atoms with Crippen LogP contribution in [-0.2, 0) is 20.7 Å². The first-order valence-corrected chi connectivity index (χ1v) is 10.3. The minimum atomic E-state index is -0.903. The number of likely N-dealkylation sites (N-methyl/N-ethyl adjacent to an activating group) is 1. The summed E-state index contributed by atoms with van der Waals surface area (Å²) in [6.45, 7) is 5.25. The minimum absolute atomic E-state index is 0.00173. The van der Waals surface area contributed by atoms with E-state index >= 15 is 0 Å². The van der Waals surface area contributed by atoms with Crippen LogP contribution in [0.1, 0.15) is 23.9 Å². The minimum Gasteiger partial charge on any atom is -0.452 e. The second kappa shape index (κ2) is 8.60. The number of ether oxygens (including phenoxy) is 1. The second-order valence-electron chi connectivity index (χ2n) is 6.61. The zero-order valence-electron chi connectivity index (χ0n) is 17.0. The number of fused-ring (bicyclic) bond motifs is 1. The van der Waals surface area contributed by atoms with Crippen molar-refractivity contribution < 1.29 is 14.3 Å². The fourth-order valence-corrected chi connectivity index (χ4v) is 3.35. The largest absolute Gasteiger partial charge is 0.452 e. The lowest BCUT2D eigenvalue weighted by Crippen LogP contribution is -2.37. The molecule has 2 heterocycles. The summed E-state index contributed by atoms with van der Waals surface area (Å²) in [6.07, 6.45) is 0.987. The molecule has 152 valence electrons. The molecule has 0 N–H and O–H groups in total. The lowest BCUT2D eigenvalue weighted by atomic mass is 10.1. The molecule has 0 saturated carbocycles. The van der Waals surface area contributed by atoms with Gasteiger partial charge in [0.25, 0.3) is 11.7 Å². The molecule has 0 aliphatic heterocycles. The predicted molar refractivity (Wildman–Crippen MR) is 111 cm³/mol. The SMILES string of the molecule is CSc1nc2nc(C)c(CC(=O)O[C@@H](C)C(=O)N(C)c3ccccc3)c(C)n2n1. The van der Waals surface area contributed by atoms with Gasteiger partial charge in [0.1, 0.15) is 0 Å². The number of aryl methyl sites for hydroxylation is 2. The maximum absolute atomic E-state index is 12.6. The first-order valence-electron chi connectivity index (χ1n) is 9.10. The lowest BCUT2D eigenvalue weighted by molar-refractivity contribution is -0.153. The van der Waals surface area contributed by atoms with Crippen LogP contribution in [0.5, 0.6) is 0 Å². The number of nitrogens with zero attached hydrogens (tertiary/aromatic N) is 5. The molecular weight excluding hydrogens is 390 g/mol. The summed E-state index contributed by atoms with van der Waals surface area (Å²) in [5.41, 5.74) is 2.92. The van der Waals surface area contributed by atoms with E-state index in [1.165, 1.54) is 16.7 Å². The molecule has 0 aliphatic rings. The van der Waals surface area contributed by atoms with E-state index in [2.05, 4.69) is 15.1 Å². The molecule has 1 aromatic carbocycles. The highest BCUT2D eigenvalue weighted by Gasteiger charge is 2.24. The van der Waals surface area contributed by atoms with Crippen LogP contribution in [0.25, 0.3) is 5.78 Å². The third-order valence-corrected chi connectivity index (χ3v) is 5.20. The number of benzene rings is 1. The van der Waals surface area contributed by atoms with Gasteiger partial charge in [-0.1, -0.05) is 30.0 Å². The van der Waals surface area contributed by atoms with Crippen molar-refractivity contribution in [2.24, 2.45) is 0 Å². The van der Waals surface area contributed by atoms with E-state index in [1.54, 1.807) is 18.5 Å². The van der Waals surface area contributed by atoms with E-state index in [9.17, 15) is 9.59 Å². The average molecular weight is 414 g/mol. The summed E-state index contributed by atoms with van der Waals surface area (Å²) < 4.78 is 7.02. The molecule has 0 fully saturated rings. The molecule has 9 heteroatoms. The Morgan fingerprint density at radius 1 is 1.21 bits per heavy atom. The van der Waals surface area contributed by atoms with Gasteiger partial charge in [0, 0.05) is 29.7 Å². The molecule has 0 unspecified atom stereocenters. The highest BCUT2D eigenvalue weighted by molar-refractivity contribution is 7.98. The van der Waals surface area contributed by atoms with Crippen molar-refractivity contribution in [2.45, 2.75) is 38.5 Å². The van der Waals surface area contributed by atoms with E-state index in [4.69, 9.17) is 4.74 Å². The number of rotatable bonds is 6. The monoisotopic (exact) mass is 413 g/mol. The highest BCUT2D eigenvalue weighted by atomic mass is 32.2. The van der Waals surface area contributed by atoms with Crippen LogP contribution >= 0.6 is 11.8 Å². The first-order chi connectivity index (χ1) is 13.8. The van der Waals surface area contributed by atoms with E-state index in [-0.39, 0.29) is 12.3 Å². The van der Waals surface area contributed by atoms with Crippen LogP contribution in [0.4, 0.5) is 5.69 Å². The summed E-state index contributed by atoms with van der Waals surface area (Å²) in [6, 6.07) is 9.20. The fourth-order valence-electron chi connectivity index (χ4n) is 3.02. The summed E-state index contributed by atoms with van der Waals surface area (Å²) >= 11 is 1.42. The maximum Gasteiger partial charge on any atom is 0.311 e. The zero-order valence-corrected chi connectivity index (χ0v) is 17.9. The van der Waals surface area contributed by atoms with Gasteiger partial charge in [0.05, 0.1) is 6.42 Å². The Hall–Kier alpha value is -2.94. The molecular formula is C20H23N5O3S. The number of hydrogen-bond donors (Lipinski definition) is 0. The molecule has 3 rings (SSSR count). The van der Waals surface area contributed by atoms with E-state index in [1.807, 2.05) is 50.4 Å². The van der Waals surface area contributed by atoms with Gasteiger partial charge in [0.15, 0.2) is 6.10 Å². The van der Waals surface area contributed by atoms with Crippen molar-refractivity contribution >= 4 is 35.1 Å². The van der Waals surface area contributed by atoms with Crippen molar-refractivity contribution in [1.29, 1.82) is 0 Å². The summed E-state index contributed by atoms with van der Waals surface area (Å²) in [5.74, 6) is -0.299. The molecule has 8 nitrogen and oxygen atoms in total. The number of carbonyl (C=O) groups is 2. The van der Waals surface area contributed by atoms with Crippen LogP contribution in [0.2, 0.25) is 0 Å². The van der Waals surface area contributed by atoms with Crippen LogP contribution < -0.4 is 4.90 Å². The van der Waals surface area contributed by atoms with Gasteiger partial charge in [-0.05, 0) is 39.2 Å². The molecule has 1 amide bonds. The Morgan fingerprint density at radius 2 is 1.90 bits per heavy atom. The third-order valence-electron chi connectivity index (χ3n) is 4.66. The summed E-state index contributed by atoms with van der Waals surface area (Å²) in [7, 11) is 1.65. The number of aromatic nitrogens is 4. The molecule has 0 spiro atoms. The molecule has 3 aromatic rings. The van der Waals surface area contributed by atoms with Crippen LogP contribution in [0.3, 0.4) is 0 Å². The Bertz CT molecular complexity index is 1050. The molecule has 0 aliphatic carbocycles. The van der Waals surface area contributed by atoms with E-state index in [0.717, 1.165) is 16.9 Å². The van der Waals surface area contributed by atoms with Gasteiger partial charge in [0.2, 0.25) is 5.16 Å². The normalized spacial score (nSPS) is 12.0. The van der Waals surface area contributed by atoms with Gasteiger partial charge in [-0.25, -0.2) is 9.50 Å². The zero-order chi connectivity index (χ0) is 21.1. The third kappa shape index (κ3) is 4.40. The topological polar surface area (TPSA) is 89.7 Å². The van der Waals surface area contributed by atoms with Crippen LogP contribution in [0, 0.1) is 13.8 Å². The standard InChI is InChI=1S/C20H23N5O3S/c1-12-16(13(2)25-19(21-12)22-20(23-25)29-5)11-17(26)28-14(3)18(27)24(4)15-9-7-6-8-10-15/h6-10,14H,11H2,1-5H3/t14-/m0/s1. The van der Waals surface area contributed by atoms with Gasteiger partial charge in [-0.3, -0.25) is 9.59 Å². The Balaban J connectivity index is 1.72. The van der Waals surface area contributed by atoms with Crippen LogP contribution in [0.15, 0.2) is 35.5 Å². The van der Waals surface area contributed by atoms with E-state index in [0.29, 0.717) is 16.6 Å². The summed E-state index contributed by atoms with van der Waals surface area (Å²) in [5, 5.41) is 4.99. The number of carbonyl (C=O) groups excluding carboxylic acids is 2. The number of hydrogen-bond acceptors (Lipinski definition) is 7. The second-order valence-corrected chi connectivity index (χ2v) is 7.39. The molecule has 29 heavy (non-hydrogen) atoms. The number of esters is 1. The number of para-hydroxylation sites is 1. The predicted octanol–water partition coefficient (Wildman–Crippen LogP) is 2.60. The van der Waals surface area contributed by atoms with Crippen molar-refractivity contribution in [2.75, 3.05) is 18.2 Å². The van der Waals surface area contributed by atoms with Gasteiger partial charge < -0.3 is 9.64 Å². The molecule has 2 aromatic heterocycles. The Kier molecular flexibility index (Phi) is 6.17. The number of thioether (sulfide) groups is 1. The number of amides is 1. The summed E-state index contributed by atoms with van der Waals surface area (Å²) in [4.78, 5) is 35.3. The first kappa shape index (κ1) is 20.8. The van der Waals surface area contributed by atoms with Gasteiger partial charge in [-0.15, -0.1) is 5.10 Å². The smallest absolute Gasteiger partial charge is 0.311 e. The molecule has 0 radical (unpaired) electrons. The van der Waals surface area contributed by atoms with Crippen molar-refractivity contribution in [1.82, 2.24) is 19.6 Å². The fraction of sp³-hybridized carbons (Fsp3) is 0.350. The highest BCUT2D eigenvalue weighted by Crippen LogP contribution is 2.18. The van der Waals surface area contributed by atoms with Crippen molar-refractivity contribution in [3.05, 3.63) is 47.3 Å². The van der Waals surface area contributed by atoms with Crippen LogP contribution in [-0.4, -0.2) is 50.9 Å². The maximum atomic E-state index is 12.6. The molecule has 0 bridgehead atoms. The molecule has 1 atom stereocenters. The Labute approximate surface area is 173 Å². The van der Waals surface area contributed by atoms with E-state index < -0.39 is 12.1 Å². The van der Waals surface area contributed by atoms with Gasteiger partial charge >= 0.3 is 5.97 Å². The van der Waals surface area contributed by atoms with Gasteiger partial charge in [-0.2, -0.15) is 4.98 Å². The lowest BCUT2D eigenvalue weighted by Gasteiger charge is -2.21. The van der Waals surface area contributed by atoms with Crippen molar-refractivity contribution in [3.63, 3.8) is 0 Å². The molecule has 0 saturated heterocycles. The quantitative estimate of drug-likeness (QED) is 0.453. The number of anilines is 1.